The monoisotopic (exact) mass is 352 g/mol. The first-order chi connectivity index (χ1) is 7.52. The lowest BCUT2D eigenvalue weighted by molar-refractivity contribution is 0.0946. The second-order valence-electron chi connectivity index (χ2n) is 3.61. The molecule has 0 unspecified atom stereocenters. The van der Waals surface area contributed by atoms with Crippen LogP contribution in [-0.4, -0.2) is 48.2 Å². The second-order valence-corrected chi connectivity index (χ2v) is 5.20. The lowest BCUT2D eigenvalue weighted by Crippen LogP contribution is -2.27. The Bertz CT molecular complexity index is 364. The number of nitrogens with one attached hydrogen (secondary N) is 2. The van der Waals surface area contributed by atoms with Crippen molar-refractivity contribution >= 4 is 37.8 Å². The van der Waals surface area contributed by atoms with Gasteiger partial charge in [0.15, 0.2) is 5.69 Å². The average Bonchev–Trinajstić information content (AvgIpc) is 2.54. The molecule has 0 spiro atoms. The summed E-state index contributed by atoms with van der Waals surface area (Å²) in [4.78, 5) is 13.7. The molecule has 0 aliphatic carbocycles. The maximum atomic E-state index is 11.7. The summed E-state index contributed by atoms with van der Waals surface area (Å²) in [7, 11) is 4.01. The van der Waals surface area contributed by atoms with Crippen LogP contribution in [0.3, 0.4) is 0 Å². The van der Waals surface area contributed by atoms with Gasteiger partial charge in [0.2, 0.25) is 0 Å². The smallest absolute Gasteiger partial charge is 0.273 e. The van der Waals surface area contributed by atoms with Crippen LogP contribution in [0.4, 0.5) is 0 Å². The van der Waals surface area contributed by atoms with Crippen molar-refractivity contribution in [2.24, 2.45) is 0 Å². The molecule has 7 heteroatoms. The fourth-order valence-corrected chi connectivity index (χ4v) is 1.77. The van der Waals surface area contributed by atoms with Gasteiger partial charge < -0.3 is 10.2 Å². The fraction of sp³-hybridized carbons (Fsp3) is 0.556. The van der Waals surface area contributed by atoms with Crippen LogP contribution in [0.1, 0.15) is 16.9 Å². The van der Waals surface area contributed by atoms with Crippen molar-refractivity contribution in [1.29, 1.82) is 0 Å². The molecule has 90 valence electrons. The number of hydrogen-bond donors (Lipinski definition) is 2. The number of rotatable bonds is 5. The van der Waals surface area contributed by atoms with Crippen molar-refractivity contribution in [3.63, 3.8) is 0 Å². The predicted octanol–water partition coefficient (Wildman–Crippen LogP) is 1.62. The van der Waals surface area contributed by atoms with Gasteiger partial charge in [0.05, 0.1) is 4.47 Å². The molecular formula is C9H14Br2N4O. The molecule has 5 nitrogen and oxygen atoms in total. The second kappa shape index (κ2) is 6.36. The molecule has 0 radical (unpaired) electrons. The zero-order valence-corrected chi connectivity index (χ0v) is 12.4. The van der Waals surface area contributed by atoms with Crippen LogP contribution < -0.4 is 5.32 Å². The highest BCUT2D eigenvalue weighted by molar-refractivity contribution is 9.13. The van der Waals surface area contributed by atoms with Gasteiger partial charge in [-0.1, -0.05) is 0 Å². The third-order valence-corrected chi connectivity index (χ3v) is 3.83. The van der Waals surface area contributed by atoms with Crippen LogP contribution in [0.25, 0.3) is 0 Å². The van der Waals surface area contributed by atoms with E-state index in [4.69, 9.17) is 0 Å². The van der Waals surface area contributed by atoms with Crippen LogP contribution in [0.15, 0.2) is 9.08 Å². The fourth-order valence-electron chi connectivity index (χ4n) is 1.14. The largest absolute Gasteiger partial charge is 0.351 e. The molecular weight excluding hydrogens is 340 g/mol. The van der Waals surface area contributed by atoms with Crippen LogP contribution in [0, 0.1) is 0 Å². The highest BCUT2D eigenvalue weighted by atomic mass is 79.9. The number of H-pyrrole nitrogens is 1. The summed E-state index contributed by atoms with van der Waals surface area (Å²) in [6, 6.07) is 0. The Morgan fingerprint density at radius 1 is 1.50 bits per heavy atom. The zero-order chi connectivity index (χ0) is 12.1. The Kier molecular flexibility index (Phi) is 5.43. The van der Waals surface area contributed by atoms with E-state index >= 15 is 0 Å². The molecule has 2 N–H and O–H groups in total. The maximum absolute atomic E-state index is 11.7. The molecule has 1 amide bonds. The van der Waals surface area contributed by atoms with Crippen LogP contribution in [-0.2, 0) is 0 Å². The van der Waals surface area contributed by atoms with Gasteiger partial charge >= 0.3 is 0 Å². The van der Waals surface area contributed by atoms with E-state index in [1.807, 2.05) is 14.1 Å². The topological polar surface area (TPSA) is 61.0 Å². The van der Waals surface area contributed by atoms with Crippen molar-refractivity contribution in [3.8, 4) is 0 Å². The highest BCUT2D eigenvalue weighted by Crippen LogP contribution is 2.23. The average molecular weight is 354 g/mol. The first kappa shape index (κ1) is 13.7. The number of amides is 1. The number of hydrogen-bond acceptors (Lipinski definition) is 3. The molecule has 1 rings (SSSR count). The van der Waals surface area contributed by atoms with Gasteiger partial charge in [-0.25, -0.2) is 0 Å². The Balaban J connectivity index is 2.39. The van der Waals surface area contributed by atoms with Crippen LogP contribution in [0.5, 0.6) is 0 Å². The molecule has 0 aromatic carbocycles. The molecule has 1 heterocycles. The third kappa shape index (κ3) is 3.88. The van der Waals surface area contributed by atoms with E-state index in [1.54, 1.807) is 0 Å². The normalized spacial score (nSPS) is 10.8. The first-order valence-corrected chi connectivity index (χ1v) is 6.43. The lowest BCUT2D eigenvalue weighted by Gasteiger charge is -2.09. The summed E-state index contributed by atoms with van der Waals surface area (Å²) in [5, 5.41) is 9.37. The van der Waals surface area contributed by atoms with Crippen molar-refractivity contribution in [3.05, 3.63) is 14.8 Å². The number of carbonyl (C=O) groups excluding carboxylic acids is 1. The van der Waals surface area contributed by atoms with E-state index in [-0.39, 0.29) is 5.91 Å². The van der Waals surface area contributed by atoms with Crippen molar-refractivity contribution in [2.75, 3.05) is 27.2 Å². The molecule has 1 aromatic rings. The molecule has 0 aliphatic rings. The molecule has 1 aromatic heterocycles. The maximum Gasteiger partial charge on any atom is 0.273 e. The summed E-state index contributed by atoms with van der Waals surface area (Å²) in [5.41, 5.74) is 0.372. The number of nitrogens with zero attached hydrogens (tertiary/aromatic N) is 2. The number of carbonyl (C=O) groups is 1. The Morgan fingerprint density at radius 3 is 2.69 bits per heavy atom. The van der Waals surface area contributed by atoms with Gasteiger partial charge in [-0.2, -0.15) is 5.10 Å². The van der Waals surface area contributed by atoms with E-state index < -0.39 is 0 Å². The lowest BCUT2D eigenvalue weighted by atomic mass is 10.3. The summed E-state index contributed by atoms with van der Waals surface area (Å²) in [6.45, 7) is 1.60. The number of aromatic amines is 1. The minimum Gasteiger partial charge on any atom is -0.351 e. The standard InChI is InChI=1S/C9H14Br2N4O/c1-15(2)5-3-4-12-9(16)7-6(10)8(11)14-13-7/h3-5H2,1-2H3,(H,12,16)(H,13,14). The van der Waals surface area contributed by atoms with Crippen LogP contribution >= 0.6 is 31.9 Å². The van der Waals surface area contributed by atoms with Crippen molar-refractivity contribution < 1.29 is 4.79 Å². The zero-order valence-electron chi connectivity index (χ0n) is 9.18. The number of halogens is 2. The minimum atomic E-state index is -0.174. The molecule has 0 atom stereocenters. The van der Waals surface area contributed by atoms with E-state index in [1.165, 1.54) is 0 Å². The third-order valence-electron chi connectivity index (χ3n) is 1.95. The van der Waals surface area contributed by atoms with Gasteiger partial charge in [-0.15, -0.1) is 0 Å². The van der Waals surface area contributed by atoms with Crippen molar-refractivity contribution in [2.45, 2.75) is 6.42 Å². The molecule has 0 saturated heterocycles. The summed E-state index contributed by atoms with van der Waals surface area (Å²) in [5.74, 6) is -0.174. The van der Waals surface area contributed by atoms with E-state index in [0.29, 0.717) is 21.3 Å². The quantitative estimate of drug-likeness (QED) is 0.791. The minimum absolute atomic E-state index is 0.174. The Hall–Kier alpha value is -0.400. The van der Waals surface area contributed by atoms with E-state index in [0.717, 1.165) is 13.0 Å². The molecule has 0 saturated carbocycles. The molecule has 0 aliphatic heterocycles. The van der Waals surface area contributed by atoms with Crippen LogP contribution in [0.2, 0.25) is 0 Å². The molecule has 0 fully saturated rings. The Labute approximate surface area is 111 Å². The van der Waals surface area contributed by atoms with E-state index in [9.17, 15) is 4.79 Å². The molecule has 0 bridgehead atoms. The summed E-state index contributed by atoms with van der Waals surface area (Å²) in [6.07, 6.45) is 0.919. The van der Waals surface area contributed by atoms with Crippen molar-refractivity contribution in [1.82, 2.24) is 20.4 Å². The summed E-state index contributed by atoms with van der Waals surface area (Å²) >= 11 is 6.51. The number of aromatic nitrogens is 2. The Morgan fingerprint density at radius 2 is 2.19 bits per heavy atom. The highest BCUT2D eigenvalue weighted by Gasteiger charge is 2.15. The van der Waals surface area contributed by atoms with Gasteiger partial charge in [0, 0.05) is 6.54 Å². The van der Waals surface area contributed by atoms with Gasteiger partial charge in [0.1, 0.15) is 4.60 Å². The molecule has 16 heavy (non-hydrogen) atoms. The first-order valence-electron chi connectivity index (χ1n) is 4.84. The summed E-state index contributed by atoms with van der Waals surface area (Å²) < 4.78 is 1.32. The SMILES string of the molecule is CN(C)CCCNC(=O)c1n[nH]c(Br)c1Br. The van der Waals surface area contributed by atoms with Gasteiger partial charge in [0.25, 0.3) is 5.91 Å². The van der Waals surface area contributed by atoms with E-state index in [2.05, 4.69) is 52.3 Å². The van der Waals surface area contributed by atoms with Gasteiger partial charge in [-0.3, -0.25) is 9.89 Å². The van der Waals surface area contributed by atoms with Gasteiger partial charge in [-0.05, 0) is 58.9 Å². The predicted molar refractivity (Wildman–Crippen MR) is 69.5 cm³/mol.